The first-order valence-electron chi connectivity index (χ1n) is 7.81. The van der Waals surface area contributed by atoms with E-state index in [1.165, 1.54) is 30.3 Å². The van der Waals surface area contributed by atoms with E-state index in [-0.39, 0.29) is 28.0 Å². The van der Waals surface area contributed by atoms with Crippen LogP contribution in [-0.4, -0.2) is 18.6 Å². The van der Waals surface area contributed by atoms with Crippen LogP contribution in [0.4, 0.5) is 19.0 Å². The molecule has 0 bridgehead atoms. The van der Waals surface area contributed by atoms with Crippen LogP contribution >= 0.6 is 11.6 Å². The number of alkyl halides is 3. The number of sulfonamides is 1. The minimum Gasteiger partial charge on any atom is -0.360 e. The van der Waals surface area contributed by atoms with E-state index in [9.17, 15) is 21.6 Å². The lowest BCUT2D eigenvalue weighted by Gasteiger charge is -2.22. The summed E-state index contributed by atoms with van der Waals surface area (Å²) in [6.45, 7) is 1.18. The van der Waals surface area contributed by atoms with E-state index in [4.69, 9.17) is 16.1 Å². The van der Waals surface area contributed by atoms with Gasteiger partial charge in [-0.05, 0) is 36.8 Å². The van der Waals surface area contributed by atoms with Crippen molar-refractivity contribution < 1.29 is 26.1 Å². The number of hydrogen-bond donors (Lipinski definition) is 0. The van der Waals surface area contributed by atoms with Gasteiger partial charge < -0.3 is 4.52 Å². The maximum atomic E-state index is 13.1. The van der Waals surface area contributed by atoms with Gasteiger partial charge in [-0.3, -0.25) is 0 Å². The van der Waals surface area contributed by atoms with Crippen LogP contribution in [0.5, 0.6) is 0 Å². The van der Waals surface area contributed by atoms with Gasteiger partial charge in [0, 0.05) is 12.3 Å². The molecule has 0 atom stereocenters. The number of pyridine rings is 1. The van der Waals surface area contributed by atoms with Crippen molar-refractivity contribution in [2.24, 2.45) is 0 Å². The molecule has 0 aliphatic heterocycles. The highest BCUT2D eigenvalue weighted by molar-refractivity contribution is 7.92. The van der Waals surface area contributed by atoms with Crippen LogP contribution in [0, 0.1) is 6.92 Å². The maximum Gasteiger partial charge on any atom is 0.416 e. The van der Waals surface area contributed by atoms with Gasteiger partial charge in [-0.15, -0.1) is 0 Å². The zero-order valence-electron chi connectivity index (χ0n) is 14.3. The Morgan fingerprint density at radius 2 is 1.93 bits per heavy atom. The Kier molecular flexibility index (Phi) is 5.35. The Labute approximate surface area is 163 Å². The van der Waals surface area contributed by atoms with Crippen molar-refractivity contribution in [3.63, 3.8) is 0 Å². The number of halogens is 4. The monoisotopic (exact) mass is 431 g/mol. The second-order valence-electron chi connectivity index (χ2n) is 5.82. The number of rotatable bonds is 5. The molecule has 0 N–H and O–H groups in total. The molecule has 3 aromatic rings. The number of benzene rings is 1. The van der Waals surface area contributed by atoms with Gasteiger partial charge in [0.2, 0.25) is 0 Å². The first kappa shape index (κ1) is 20.2. The van der Waals surface area contributed by atoms with Crippen LogP contribution in [0.15, 0.2) is 58.1 Å². The van der Waals surface area contributed by atoms with Crippen LogP contribution in [0.25, 0.3) is 0 Å². The van der Waals surface area contributed by atoms with Gasteiger partial charge in [0.1, 0.15) is 15.8 Å². The smallest absolute Gasteiger partial charge is 0.360 e. The summed E-state index contributed by atoms with van der Waals surface area (Å²) in [5.74, 6) is 0.276. The fraction of sp³-hybridized carbons (Fsp3) is 0.176. The molecule has 0 aliphatic carbocycles. The molecule has 28 heavy (non-hydrogen) atoms. The third-order valence-corrected chi connectivity index (χ3v) is 5.70. The fourth-order valence-electron chi connectivity index (χ4n) is 2.41. The quantitative estimate of drug-likeness (QED) is 0.558. The van der Waals surface area contributed by atoms with Crippen molar-refractivity contribution in [2.45, 2.75) is 24.5 Å². The Bertz CT molecular complexity index is 1080. The second kappa shape index (κ2) is 7.44. The lowest BCUT2D eigenvalue weighted by Crippen LogP contribution is -2.31. The first-order valence-corrected chi connectivity index (χ1v) is 9.63. The average Bonchev–Trinajstić information content (AvgIpc) is 3.05. The van der Waals surface area contributed by atoms with Gasteiger partial charge in [0.15, 0.2) is 5.82 Å². The summed E-state index contributed by atoms with van der Waals surface area (Å²) in [6.07, 6.45) is -3.49. The number of nitrogens with zero attached hydrogens (tertiary/aromatic N) is 3. The predicted octanol–water partition coefficient (Wildman–Crippen LogP) is 4.45. The van der Waals surface area contributed by atoms with Crippen molar-refractivity contribution >= 4 is 27.4 Å². The molecule has 6 nitrogen and oxygen atoms in total. The van der Waals surface area contributed by atoms with Gasteiger partial charge in [-0.2, -0.15) is 13.2 Å². The number of anilines is 1. The van der Waals surface area contributed by atoms with Gasteiger partial charge in [-0.1, -0.05) is 28.9 Å². The third kappa shape index (κ3) is 4.28. The van der Waals surface area contributed by atoms with Crippen LogP contribution in [0.2, 0.25) is 5.15 Å². The second-order valence-corrected chi connectivity index (χ2v) is 8.07. The Morgan fingerprint density at radius 3 is 2.50 bits per heavy atom. The zero-order valence-corrected chi connectivity index (χ0v) is 15.9. The van der Waals surface area contributed by atoms with Crippen LogP contribution in [0.3, 0.4) is 0 Å². The number of hydrogen-bond acceptors (Lipinski definition) is 5. The molecule has 0 saturated carbocycles. The number of aryl methyl sites for hydroxylation is 1. The molecule has 0 unspecified atom stereocenters. The van der Waals surface area contributed by atoms with Crippen molar-refractivity contribution in [3.05, 3.63) is 70.7 Å². The highest BCUT2D eigenvalue weighted by atomic mass is 35.5. The molecular weight excluding hydrogens is 419 g/mol. The van der Waals surface area contributed by atoms with Crippen LogP contribution < -0.4 is 4.31 Å². The summed E-state index contributed by atoms with van der Waals surface area (Å²) in [5.41, 5.74) is -0.757. The standard InChI is InChI=1S/C17H13ClF3N3O3S/c1-11-7-16(23-27-11)24(28(25,26)14-5-6-15(18)22-9-14)10-12-3-2-4-13(8-12)17(19,20)21/h2-9H,10H2,1H3. The van der Waals surface area contributed by atoms with Crippen LogP contribution in [0.1, 0.15) is 16.9 Å². The molecule has 1 aromatic carbocycles. The van der Waals surface area contributed by atoms with E-state index in [2.05, 4.69) is 10.1 Å². The normalized spacial score (nSPS) is 12.2. The lowest BCUT2D eigenvalue weighted by atomic mass is 10.1. The maximum absolute atomic E-state index is 13.1. The summed E-state index contributed by atoms with van der Waals surface area (Å²) >= 11 is 5.70. The highest BCUT2D eigenvalue weighted by Crippen LogP contribution is 2.31. The Balaban J connectivity index is 2.05. The summed E-state index contributed by atoms with van der Waals surface area (Å²) in [7, 11) is -4.20. The predicted molar refractivity (Wildman–Crippen MR) is 95.3 cm³/mol. The molecule has 2 heterocycles. The van der Waals surface area contributed by atoms with E-state index < -0.39 is 21.8 Å². The van der Waals surface area contributed by atoms with Crippen molar-refractivity contribution in [1.82, 2.24) is 10.1 Å². The summed E-state index contributed by atoms with van der Waals surface area (Å²) in [5, 5.41) is 3.79. The minimum atomic E-state index is -4.55. The molecule has 11 heteroatoms. The molecule has 0 spiro atoms. The Morgan fingerprint density at radius 1 is 1.18 bits per heavy atom. The fourth-order valence-corrected chi connectivity index (χ4v) is 3.86. The van der Waals surface area contributed by atoms with E-state index >= 15 is 0 Å². The van der Waals surface area contributed by atoms with Crippen molar-refractivity contribution in [3.8, 4) is 0 Å². The van der Waals surface area contributed by atoms with E-state index in [1.54, 1.807) is 6.92 Å². The topological polar surface area (TPSA) is 76.3 Å². The molecule has 0 amide bonds. The average molecular weight is 432 g/mol. The molecule has 0 saturated heterocycles. The third-order valence-electron chi connectivity index (χ3n) is 3.74. The van der Waals surface area contributed by atoms with E-state index in [1.807, 2.05) is 0 Å². The van der Waals surface area contributed by atoms with Gasteiger partial charge >= 0.3 is 6.18 Å². The first-order chi connectivity index (χ1) is 13.1. The summed E-state index contributed by atoms with van der Waals surface area (Å²) in [4.78, 5) is 3.56. The SMILES string of the molecule is Cc1cc(N(Cc2cccc(C(F)(F)F)c2)S(=O)(=O)c2ccc(Cl)nc2)no1. The highest BCUT2D eigenvalue weighted by Gasteiger charge is 2.32. The van der Waals surface area contributed by atoms with Crippen molar-refractivity contribution in [2.75, 3.05) is 4.31 Å². The molecule has 148 valence electrons. The summed E-state index contributed by atoms with van der Waals surface area (Å²) < 4.78 is 70.9. The molecule has 0 radical (unpaired) electrons. The van der Waals surface area contributed by atoms with E-state index in [0.29, 0.717) is 5.76 Å². The Hall–Kier alpha value is -2.59. The molecule has 0 fully saturated rings. The zero-order chi connectivity index (χ0) is 20.5. The largest absolute Gasteiger partial charge is 0.416 e. The minimum absolute atomic E-state index is 0.0649. The van der Waals surface area contributed by atoms with E-state index in [0.717, 1.165) is 22.6 Å². The van der Waals surface area contributed by atoms with Crippen molar-refractivity contribution in [1.29, 1.82) is 0 Å². The molecule has 0 aliphatic rings. The number of aromatic nitrogens is 2. The summed E-state index contributed by atoms with van der Waals surface area (Å²) in [6, 6.07) is 8.31. The lowest BCUT2D eigenvalue weighted by molar-refractivity contribution is -0.137. The van der Waals surface area contributed by atoms with Gasteiger partial charge in [0.05, 0.1) is 12.1 Å². The van der Waals surface area contributed by atoms with Gasteiger partial charge in [0.25, 0.3) is 10.0 Å². The molecule has 2 aromatic heterocycles. The molecular formula is C17H13ClF3N3O3S. The molecule has 3 rings (SSSR count). The van der Waals surface area contributed by atoms with Gasteiger partial charge in [-0.25, -0.2) is 17.7 Å². The van der Waals surface area contributed by atoms with Crippen LogP contribution in [-0.2, 0) is 22.7 Å².